The molecule has 0 saturated carbocycles. The van der Waals surface area contributed by atoms with Crippen molar-refractivity contribution in [2.75, 3.05) is 25.8 Å². The van der Waals surface area contributed by atoms with Gasteiger partial charge < -0.3 is 14.8 Å². The Morgan fingerprint density at radius 3 is 2.50 bits per heavy atom. The number of rotatable bonds is 6. The molecular weight excluding hydrogens is 326 g/mol. The Labute approximate surface area is 143 Å². The van der Waals surface area contributed by atoms with Gasteiger partial charge in [-0.3, -0.25) is 9.00 Å². The zero-order valence-electron chi connectivity index (χ0n) is 13.7. The van der Waals surface area contributed by atoms with Crippen LogP contribution in [0.5, 0.6) is 11.5 Å². The second kappa shape index (κ2) is 8.31. The molecule has 0 aliphatic heterocycles. The van der Waals surface area contributed by atoms with Crippen LogP contribution in [0.2, 0.25) is 0 Å². The molecule has 5 nitrogen and oxygen atoms in total. The number of hydrogen-bond donors (Lipinski definition) is 1. The molecular formula is C18H19NO4S. The minimum absolute atomic E-state index is 0.274. The highest BCUT2D eigenvalue weighted by atomic mass is 32.2. The van der Waals surface area contributed by atoms with E-state index < -0.39 is 10.8 Å². The average molecular weight is 345 g/mol. The van der Waals surface area contributed by atoms with Gasteiger partial charge in [0.2, 0.25) is 5.91 Å². The third-order valence-corrected chi connectivity index (χ3v) is 4.19. The molecule has 1 amide bonds. The number of ether oxygens (including phenoxy) is 2. The highest BCUT2D eigenvalue weighted by molar-refractivity contribution is 7.84. The average Bonchev–Trinajstić information content (AvgIpc) is 2.59. The van der Waals surface area contributed by atoms with Crippen molar-refractivity contribution in [2.45, 2.75) is 4.90 Å². The van der Waals surface area contributed by atoms with Gasteiger partial charge in [-0.15, -0.1) is 0 Å². The van der Waals surface area contributed by atoms with Crippen molar-refractivity contribution in [2.24, 2.45) is 0 Å². The highest BCUT2D eigenvalue weighted by Crippen LogP contribution is 2.27. The summed E-state index contributed by atoms with van der Waals surface area (Å²) in [6.07, 6.45) is 4.70. The van der Waals surface area contributed by atoms with Gasteiger partial charge >= 0.3 is 0 Å². The van der Waals surface area contributed by atoms with Crippen LogP contribution >= 0.6 is 0 Å². The summed E-state index contributed by atoms with van der Waals surface area (Å²) in [6, 6.07) is 12.3. The topological polar surface area (TPSA) is 64.6 Å². The first-order valence-electron chi connectivity index (χ1n) is 7.18. The van der Waals surface area contributed by atoms with Gasteiger partial charge in [0.15, 0.2) is 11.5 Å². The van der Waals surface area contributed by atoms with E-state index in [2.05, 4.69) is 5.32 Å². The van der Waals surface area contributed by atoms with Crippen molar-refractivity contribution in [3.63, 3.8) is 0 Å². The van der Waals surface area contributed by atoms with Crippen LogP contribution in [0.15, 0.2) is 53.4 Å². The van der Waals surface area contributed by atoms with E-state index in [4.69, 9.17) is 9.47 Å². The maximum absolute atomic E-state index is 12.0. The van der Waals surface area contributed by atoms with Crippen molar-refractivity contribution in [3.8, 4) is 11.5 Å². The smallest absolute Gasteiger partial charge is 0.248 e. The van der Waals surface area contributed by atoms with Crippen LogP contribution in [-0.2, 0) is 15.6 Å². The quantitative estimate of drug-likeness (QED) is 0.817. The minimum atomic E-state index is -1.09. The number of anilines is 1. The second-order valence-electron chi connectivity index (χ2n) is 4.92. The Bertz CT molecular complexity index is 786. The number of benzene rings is 2. The lowest BCUT2D eigenvalue weighted by Gasteiger charge is -2.07. The van der Waals surface area contributed by atoms with Gasteiger partial charge in [0, 0.05) is 33.7 Å². The summed E-state index contributed by atoms with van der Waals surface area (Å²) < 4.78 is 21.9. The number of nitrogens with one attached hydrogen (secondary N) is 1. The van der Waals surface area contributed by atoms with E-state index in [0.717, 1.165) is 5.56 Å². The fourth-order valence-electron chi connectivity index (χ4n) is 2.06. The molecule has 0 bridgehead atoms. The van der Waals surface area contributed by atoms with Gasteiger partial charge in [-0.25, -0.2) is 0 Å². The Morgan fingerprint density at radius 1 is 1.08 bits per heavy atom. The van der Waals surface area contributed by atoms with Gasteiger partial charge in [0.25, 0.3) is 0 Å². The van der Waals surface area contributed by atoms with Crippen molar-refractivity contribution in [1.29, 1.82) is 0 Å². The number of hydrogen-bond acceptors (Lipinski definition) is 4. The summed E-state index contributed by atoms with van der Waals surface area (Å²) in [5, 5.41) is 2.74. The van der Waals surface area contributed by atoms with E-state index in [1.165, 1.54) is 6.08 Å². The Balaban J connectivity index is 2.08. The maximum Gasteiger partial charge on any atom is 0.248 e. The minimum Gasteiger partial charge on any atom is -0.493 e. The molecule has 0 fully saturated rings. The monoisotopic (exact) mass is 345 g/mol. The normalized spacial score (nSPS) is 12.0. The van der Waals surface area contributed by atoms with Gasteiger partial charge in [-0.1, -0.05) is 12.1 Å². The maximum atomic E-state index is 12.0. The molecule has 0 aliphatic carbocycles. The molecule has 2 aromatic rings. The van der Waals surface area contributed by atoms with Gasteiger partial charge in [0.05, 0.1) is 14.2 Å². The zero-order valence-corrected chi connectivity index (χ0v) is 14.6. The van der Waals surface area contributed by atoms with E-state index in [1.54, 1.807) is 62.9 Å². The molecule has 1 atom stereocenters. The summed E-state index contributed by atoms with van der Waals surface area (Å²) >= 11 is 0. The number of methoxy groups -OCH3 is 2. The molecule has 0 spiro atoms. The standard InChI is InChI=1S/C18H19NO4S/c1-22-16-9-7-13(11-17(16)23-2)8-10-18(20)19-14-5-4-6-15(12-14)24(3)21/h4-12H,1-3H3,(H,19,20). The van der Waals surface area contributed by atoms with Crippen LogP contribution in [0.4, 0.5) is 5.69 Å². The summed E-state index contributed by atoms with van der Waals surface area (Å²) in [6.45, 7) is 0. The Kier molecular flexibility index (Phi) is 6.14. The first-order valence-corrected chi connectivity index (χ1v) is 8.74. The zero-order chi connectivity index (χ0) is 17.5. The molecule has 0 radical (unpaired) electrons. The van der Waals surface area contributed by atoms with Crippen LogP contribution in [0, 0.1) is 0 Å². The van der Waals surface area contributed by atoms with E-state index in [0.29, 0.717) is 22.1 Å². The number of carbonyl (C=O) groups excluding carboxylic acids is 1. The summed E-state index contributed by atoms with van der Waals surface area (Å²) in [5.41, 5.74) is 1.41. The summed E-state index contributed by atoms with van der Waals surface area (Å²) in [7, 11) is 2.04. The number of amides is 1. The molecule has 2 rings (SSSR count). The third kappa shape index (κ3) is 4.70. The van der Waals surface area contributed by atoms with Crippen LogP contribution in [0.25, 0.3) is 6.08 Å². The molecule has 0 aliphatic rings. The van der Waals surface area contributed by atoms with Gasteiger partial charge in [-0.05, 0) is 42.0 Å². The van der Waals surface area contributed by atoms with Crippen LogP contribution in [0.3, 0.4) is 0 Å². The molecule has 1 unspecified atom stereocenters. The second-order valence-corrected chi connectivity index (χ2v) is 6.30. The molecule has 1 N–H and O–H groups in total. The summed E-state index contributed by atoms with van der Waals surface area (Å²) in [5.74, 6) is 0.950. The summed E-state index contributed by atoms with van der Waals surface area (Å²) in [4.78, 5) is 12.7. The lowest BCUT2D eigenvalue weighted by Crippen LogP contribution is -2.08. The van der Waals surface area contributed by atoms with Gasteiger partial charge in [0.1, 0.15) is 0 Å². The number of carbonyl (C=O) groups is 1. The van der Waals surface area contributed by atoms with Gasteiger partial charge in [-0.2, -0.15) is 0 Å². The molecule has 0 aromatic heterocycles. The van der Waals surface area contributed by atoms with E-state index >= 15 is 0 Å². The van der Waals surface area contributed by atoms with Crippen LogP contribution in [-0.4, -0.2) is 30.6 Å². The fourth-order valence-corrected chi connectivity index (χ4v) is 2.63. The molecule has 6 heteroatoms. The molecule has 0 heterocycles. The van der Waals surface area contributed by atoms with Crippen molar-refractivity contribution in [1.82, 2.24) is 0 Å². The first kappa shape index (κ1) is 17.7. The van der Waals surface area contributed by atoms with Crippen molar-refractivity contribution in [3.05, 3.63) is 54.1 Å². The lowest BCUT2D eigenvalue weighted by molar-refractivity contribution is -0.111. The fraction of sp³-hybridized carbons (Fsp3) is 0.167. The van der Waals surface area contributed by atoms with E-state index in [-0.39, 0.29) is 5.91 Å². The van der Waals surface area contributed by atoms with Crippen molar-refractivity contribution >= 4 is 28.5 Å². The largest absolute Gasteiger partial charge is 0.493 e. The molecule has 24 heavy (non-hydrogen) atoms. The van der Waals surface area contributed by atoms with Crippen LogP contribution < -0.4 is 14.8 Å². The lowest BCUT2D eigenvalue weighted by atomic mass is 10.2. The van der Waals surface area contributed by atoms with E-state index in [9.17, 15) is 9.00 Å². The first-order chi connectivity index (χ1) is 11.5. The predicted molar refractivity (Wildman–Crippen MR) is 96.0 cm³/mol. The molecule has 126 valence electrons. The molecule has 2 aromatic carbocycles. The van der Waals surface area contributed by atoms with Crippen molar-refractivity contribution < 1.29 is 18.5 Å². The third-order valence-electron chi connectivity index (χ3n) is 3.27. The Morgan fingerprint density at radius 2 is 1.83 bits per heavy atom. The SMILES string of the molecule is COc1ccc(C=CC(=O)Nc2cccc(S(C)=O)c2)cc1OC. The predicted octanol–water partition coefficient (Wildman–Crippen LogP) is 3.09. The van der Waals surface area contributed by atoms with Crippen LogP contribution in [0.1, 0.15) is 5.56 Å². The van der Waals surface area contributed by atoms with E-state index in [1.807, 2.05) is 6.07 Å². The Hall–Kier alpha value is -2.60. The molecule has 0 saturated heterocycles. The highest BCUT2D eigenvalue weighted by Gasteiger charge is 2.04.